The van der Waals surface area contributed by atoms with Gasteiger partial charge in [0.1, 0.15) is 11.6 Å². The Balaban J connectivity index is 1.49. The molecule has 0 aliphatic rings. The van der Waals surface area contributed by atoms with E-state index in [2.05, 4.69) is 32.2 Å². The summed E-state index contributed by atoms with van der Waals surface area (Å²) in [6, 6.07) is 13.1. The van der Waals surface area contributed by atoms with E-state index in [0.717, 1.165) is 27.6 Å². The first-order chi connectivity index (χ1) is 16.4. The van der Waals surface area contributed by atoms with E-state index in [1.165, 1.54) is 6.07 Å². The predicted octanol–water partition coefficient (Wildman–Crippen LogP) is 5.86. The van der Waals surface area contributed by atoms with Crippen molar-refractivity contribution in [3.05, 3.63) is 83.9 Å². The number of nitrogen functional groups attached to an aromatic ring is 1. The number of nitrogens with two attached hydrogens (primary N) is 1. The van der Waals surface area contributed by atoms with Gasteiger partial charge in [-0.3, -0.25) is 0 Å². The number of furan rings is 1. The third-order valence-electron chi connectivity index (χ3n) is 5.73. The van der Waals surface area contributed by atoms with Gasteiger partial charge in [-0.2, -0.15) is 0 Å². The van der Waals surface area contributed by atoms with Crippen LogP contribution in [0.4, 0.5) is 16.2 Å². The third kappa shape index (κ3) is 4.05. The smallest absolute Gasteiger partial charge is 0.219 e. The van der Waals surface area contributed by atoms with Gasteiger partial charge in [0.15, 0.2) is 11.4 Å². The first-order valence-corrected chi connectivity index (χ1v) is 10.9. The van der Waals surface area contributed by atoms with Crippen molar-refractivity contribution in [2.75, 3.05) is 11.1 Å². The van der Waals surface area contributed by atoms with Crippen LogP contribution in [-0.2, 0) is 0 Å². The molecule has 170 valence electrons. The zero-order valence-corrected chi connectivity index (χ0v) is 19.0. The maximum Gasteiger partial charge on any atom is 0.219 e. The van der Waals surface area contributed by atoms with Gasteiger partial charge in [0.2, 0.25) is 5.95 Å². The summed E-state index contributed by atoms with van der Waals surface area (Å²) < 4.78 is 20.0. The molecule has 0 radical (unpaired) electrons. The van der Waals surface area contributed by atoms with Gasteiger partial charge in [-0.25, -0.2) is 24.3 Å². The molecule has 2 aromatic carbocycles. The Kier molecular flexibility index (Phi) is 5.41. The Labute approximate surface area is 195 Å². The van der Waals surface area contributed by atoms with Crippen molar-refractivity contribution in [3.8, 4) is 22.4 Å². The number of fused-ring (bicyclic) bond motifs is 1. The van der Waals surface area contributed by atoms with Crippen molar-refractivity contribution in [2.45, 2.75) is 26.8 Å². The molecule has 0 aliphatic heterocycles. The molecule has 0 bridgehead atoms. The summed E-state index contributed by atoms with van der Waals surface area (Å²) in [5, 5.41) is 4.19. The van der Waals surface area contributed by atoms with Gasteiger partial charge in [-0.15, -0.1) is 0 Å². The second kappa shape index (κ2) is 8.55. The van der Waals surface area contributed by atoms with Gasteiger partial charge < -0.3 is 15.5 Å². The summed E-state index contributed by atoms with van der Waals surface area (Å²) in [4.78, 5) is 17.3. The first kappa shape index (κ1) is 21.5. The van der Waals surface area contributed by atoms with Crippen LogP contribution >= 0.6 is 0 Å². The Morgan fingerprint density at radius 1 is 1.00 bits per heavy atom. The minimum Gasteiger partial charge on any atom is -0.461 e. The molecular weight excluding hydrogens is 431 g/mol. The number of anilines is 2. The van der Waals surface area contributed by atoms with Crippen molar-refractivity contribution in [3.63, 3.8) is 0 Å². The van der Waals surface area contributed by atoms with E-state index in [4.69, 9.17) is 10.2 Å². The van der Waals surface area contributed by atoms with Crippen molar-refractivity contribution in [1.82, 2.24) is 19.9 Å². The van der Waals surface area contributed by atoms with Gasteiger partial charge in [0, 0.05) is 35.0 Å². The molecule has 0 amide bonds. The molecule has 0 saturated carbocycles. The number of nitrogens with zero attached hydrogens (tertiary/aromatic N) is 4. The van der Waals surface area contributed by atoms with Crippen LogP contribution in [0.3, 0.4) is 0 Å². The predicted molar refractivity (Wildman–Crippen MR) is 131 cm³/mol. The maximum absolute atomic E-state index is 14.6. The monoisotopic (exact) mass is 454 g/mol. The second-order valence-electron chi connectivity index (χ2n) is 8.22. The average Bonchev–Trinajstić information content (AvgIpc) is 3.20. The van der Waals surface area contributed by atoms with Crippen LogP contribution in [0.1, 0.15) is 29.9 Å². The number of hydrogen-bond acceptors (Lipinski definition) is 7. The second-order valence-corrected chi connectivity index (χ2v) is 8.22. The molecule has 5 aromatic rings. The standard InChI is InChI=1S/C26H23FN6O/c1-14-13-34-25-21(14)8-17(9-22(25)27)23-10-24(33-16(3)32-23)31-15(2)19-6-4-5-7-20(19)18-11-29-26(28)30-12-18/h4-13,15H,1-3H3,(H2,28,29,30)(H,31,32,33). The number of benzene rings is 2. The van der Waals surface area contributed by atoms with Gasteiger partial charge in [0.25, 0.3) is 0 Å². The lowest BCUT2D eigenvalue weighted by Crippen LogP contribution is -2.10. The van der Waals surface area contributed by atoms with E-state index >= 15 is 0 Å². The van der Waals surface area contributed by atoms with E-state index in [-0.39, 0.29) is 17.6 Å². The van der Waals surface area contributed by atoms with E-state index in [1.807, 2.05) is 50.2 Å². The molecule has 3 aromatic heterocycles. The van der Waals surface area contributed by atoms with E-state index < -0.39 is 5.82 Å². The summed E-state index contributed by atoms with van der Waals surface area (Å²) in [7, 11) is 0. The molecule has 1 atom stereocenters. The van der Waals surface area contributed by atoms with Gasteiger partial charge in [-0.1, -0.05) is 24.3 Å². The van der Waals surface area contributed by atoms with Gasteiger partial charge in [0.05, 0.1) is 18.0 Å². The molecule has 5 rings (SSSR count). The largest absolute Gasteiger partial charge is 0.461 e. The zero-order chi connectivity index (χ0) is 23.8. The molecular formula is C26H23FN6O. The van der Waals surface area contributed by atoms with E-state index in [0.29, 0.717) is 22.9 Å². The van der Waals surface area contributed by atoms with Gasteiger partial charge >= 0.3 is 0 Å². The minimum absolute atomic E-state index is 0.0914. The number of aryl methyl sites for hydroxylation is 2. The fourth-order valence-corrected chi connectivity index (χ4v) is 4.07. The highest BCUT2D eigenvalue weighted by Crippen LogP contribution is 2.32. The highest BCUT2D eigenvalue weighted by molar-refractivity contribution is 5.86. The lowest BCUT2D eigenvalue weighted by molar-refractivity contribution is 0.559. The van der Waals surface area contributed by atoms with Crippen LogP contribution in [-0.4, -0.2) is 19.9 Å². The molecule has 3 heterocycles. The van der Waals surface area contributed by atoms with Crippen molar-refractivity contribution in [1.29, 1.82) is 0 Å². The topological polar surface area (TPSA) is 103 Å². The zero-order valence-electron chi connectivity index (χ0n) is 19.0. The average molecular weight is 455 g/mol. The fraction of sp³-hybridized carbons (Fsp3) is 0.154. The lowest BCUT2D eigenvalue weighted by Gasteiger charge is -2.19. The lowest BCUT2D eigenvalue weighted by atomic mass is 9.97. The van der Waals surface area contributed by atoms with Crippen LogP contribution in [0, 0.1) is 19.7 Å². The molecule has 7 nitrogen and oxygen atoms in total. The highest BCUT2D eigenvalue weighted by atomic mass is 19.1. The molecule has 1 unspecified atom stereocenters. The summed E-state index contributed by atoms with van der Waals surface area (Å²) in [6.07, 6.45) is 4.98. The van der Waals surface area contributed by atoms with E-state index in [1.54, 1.807) is 18.7 Å². The molecule has 0 saturated heterocycles. The van der Waals surface area contributed by atoms with Crippen molar-refractivity contribution >= 4 is 22.7 Å². The Bertz CT molecular complexity index is 1500. The van der Waals surface area contributed by atoms with Gasteiger partial charge in [-0.05, 0) is 49.6 Å². The summed E-state index contributed by atoms with van der Waals surface area (Å²) in [5.74, 6) is 1.04. The molecule has 3 N–H and O–H groups in total. The molecule has 34 heavy (non-hydrogen) atoms. The van der Waals surface area contributed by atoms with Crippen molar-refractivity contribution < 1.29 is 8.81 Å². The number of halogens is 1. The fourth-order valence-electron chi connectivity index (χ4n) is 4.07. The number of hydrogen-bond donors (Lipinski definition) is 2. The van der Waals surface area contributed by atoms with Crippen LogP contribution in [0.15, 0.2) is 65.5 Å². The minimum atomic E-state index is -0.417. The number of aromatic nitrogens is 4. The SMILES string of the molecule is Cc1nc(NC(C)c2ccccc2-c2cnc(N)nc2)cc(-c2cc(F)c3occ(C)c3c2)n1. The Morgan fingerprint density at radius 2 is 1.76 bits per heavy atom. The summed E-state index contributed by atoms with van der Waals surface area (Å²) in [6.45, 7) is 5.75. The summed E-state index contributed by atoms with van der Waals surface area (Å²) >= 11 is 0. The van der Waals surface area contributed by atoms with Crippen LogP contribution in [0.25, 0.3) is 33.4 Å². The van der Waals surface area contributed by atoms with Crippen LogP contribution < -0.4 is 11.1 Å². The normalized spacial score (nSPS) is 12.1. The quantitative estimate of drug-likeness (QED) is 0.343. The number of nitrogens with one attached hydrogen (secondary N) is 1. The maximum atomic E-state index is 14.6. The Morgan fingerprint density at radius 3 is 2.56 bits per heavy atom. The molecule has 0 aliphatic carbocycles. The highest BCUT2D eigenvalue weighted by Gasteiger charge is 2.16. The summed E-state index contributed by atoms with van der Waals surface area (Å²) in [5.41, 5.74) is 11.0. The Hall–Kier alpha value is -4.33. The van der Waals surface area contributed by atoms with Crippen LogP contribution in [0.2, 0.25) is 0 Å². The first-order valence-electron chi connectivity index (χ1n) is 10.9. The molecule has 0 spiro atoms. The van der Waals surface area contributed by atoms with E-state index in [9.17, 15) is 4.39 Å². The molecule has 8 heteroatoms. The van der Waals surface area contributed by atoms with Crippen LogP contribution in [0.5, 0.6) is 0 Å². The number of rotatable bonds is 5. The molecule has 0 fully saturated rings. The third-order valence-corrected chi connectivity index (χ3v) is 5.73. The van der Waals surface area contributed by atoms with Crippen molar-refractivity contribution in [2.24, 2.45) is 0 Å².